The summed E-state index contributed by atoms with van der Waals surface area (Å²) in [6.07, 6.45) is 0.455. The summed E-state index contributed by atoms with van der Waals surface area (Å²) in [6.45, 7) is 1.83. The first-order chi connectivity index (χ1) is 10.1. The second-order valence-electron chi connectivity index (χ2n) is 4.64. The summed E-state index contributed by atoms with van der Waals surface area (Å²) < 4.78 is 28.6. The molecule has 1 aromatic heterocycles. The van der Waals surface area contributed by atoms with E-state index in [0.29, 0.717) is 17.8 Å². The number of halogens is 2. The molecule has 0 bridgehead atoms. The summed E-state index contributed by atoms with van der Waals surface area (Å²) in [6, 6.07) is 9.80. The number of aromatic nitrogens is 2. The molecule has 3 nitrogen and oxygen atoms in total. The lowest BCUT2D eigenvalue weighted by Crippen LogP contribution is -2.24. The number of rotatable bonds is 2. The predicted octanol–water partition coefficient (Wildman–Crippen LogP) is 3.23. The van der Waals surface area contributed by atoms with Crippen LogP contribution in [0.5, 0.6) is 0 Å². The molecule has 0 radical (unpaired) electrons. The van der Waals surface area contributed by atoms with Gasteiger partial charge in [-0.15, -0.1) is 0 Å². The third-order valence-electron chi connectivity index (χ3n) is 3.31. The summed E-state index contributed by atoms with van der Waals surface area (Å²) in [5, 5.41) is 0.135. The standard InChI is InChI=1S/C16H12F2N2O/c1-2-15-19-13-8-7-10(17)9-11(13)16(21)20(15)14-6-4-3-5-12(14)18/h3-9H,2H2,1H3. The normalized spacial score (nSPS) is 11.0. The molecule has 1 heterocycles. The molecule has 21 heavy (non-hydrogen) atoms. The number of para-hydroxylation sites is 1. The van der Waals surface area contributed by atoms with E-state index < -0.39 is 17.2 Å². The molecule has 0 N–H and O–H groups in total. The van der Waals surface area contributed by atoms with E-state index in [-0.39, 0.29) is 11.1 Å². The first-order valence-corrected chi connectivity index (χ1v) is 6.58. The molecule has 106 valence electrons. The number of hydrogen-bond acceptors (Lipinski definition) is 2. The van der Waals surface area contributed by atoms with Crippen LogP contribution >= 0.6 is 0 Å². The Labute approximate surface area is 119 Å². The maximum atomic E-state index is 14.0. The third-order valence-corrected chi connectivity index (χ3v) is 3.31. The van der Waals surface area contributed by atoms with E-state index in [1.807, 2.05) is 6.92 Å². The number of benzene rings is 2. The fourth-order valence-electron chi connectivity index (χ4n) is 2.32. The summed E-state index contributed by atoms with van der Waals surface area (Å²) in [5.74, 6) is -0.609. The monoisotopic (exact) mass is 286 g/mol. The fourth-order valence-corrected chi connectivity index (χ4v) is 2.32. The second-order valence-corrected chi connectivity index (χ2v) is 4.64. The van der Waals surface area contributed by atoms with Crippen LogP contribution in [0.25, 0.3) is 16.6 Å². The van der Waals surface area contributed by atoms with Crippen molar-refractivity contribution < 1.29 is 8.78 Å². The first kappa shape index (κ1) is 13.4. The highest BCUT2D eigenvalue weighted by Crippen LogP contribution is 2.16. The molecule has 0 amide bonds. The van der Waals surface area contributed by atoms with Gasteiger partial charge in [0.05, 0.1) is 16.6 Å². The SMILES string of the molecule is CCc1nc2ccc(F)cc2c(=O)n1-c1ccccc1F. The Morgan fingerprint density at radius 2 is 1.90 bits per heavy atom. The minimum absolute atomic E-state index is 0.123. The largest absolute Gasteiger partial charge is 0.268 e. The Balaban J connectivity index is 2.44. The Bertz CT molecular complexity index is 887. The molecule has 0 spiro atoms. The van der Waals surface area contributed by atoms with Crippen LogP contribution in [-0.2, 0) is 6.42 Å². The van der Waals surface area contributed by atoms with Crippen LogP contribution in [0.4, 0.5) is 8.78 Å². The summed E-state index contributed by atoms with van der Waals surface area (Å²) in [7, 11) is 0. The molecular formula is C16H12F2N2O. The van der Waals surface area contributed by atoms with Crippen molar-refractivity contribution >= 4 is 10.9 Å². The van der Waals surface area contributed by atoms with Crippen LogP contribution in [0.1, 0.15) is 12.7 Å². The molecule has 0 unspecified atom stereocenters. The van der Waals surface area contributed by atoms with Gasteiger partial charge in [-0.1, -0.05) is 19.1 Å². The minimum Gasteiger partial charge on any atom is -0.268 e. The molecule has 3 rings (SSSR count). The van der Waals surface area contributed by atoms with Gasteiger partial charge in [0, 0.05) is 6.42 Å². The van der Waals surface area contributed by atoms with Crippen molar-refractivity contribution in [1.82, 2.24) is 9.55 Å². The van der Waals surface area contributed by atoms with Crippen molar-refractivity contribution in [2.75, 3.05) is 0 Å². The van der Waals surface area contributed by atoms with Crippen molar-refractivity contribution in [2.24, 2.45) is 0 Å². The van der Waals surface area contributed by atoms with Crippen molar-refractivity contribution in [1.29, 1.82) is 0 Å². The smallest absolute Gasteiger partial charge is 0.266 e. The highest BCUT2D eigenvalue weighted by molar-refractivity contribution is 5.78. The predicted molar refractivity (Wildman–Crippen MR) is 76.6 cm³/mol. The van der Waals surface area contributed by atoms with E-state index in [9.17, 15) is 13.6 Å². The van der Waals surface area contributed by atoms with E-state index >= 15 is 0 Å². The maximum Gasteiger partial charge on any atom is 0.266 e. The molecule has 0 saturated carbocycles. The van der Waals surface area contributed by atoms with Gasteiger partial charge in [-0.05, 0) is 30.3 Å². The summed E-state index contributed by atoms with van der Waals surface area (Å²) in [4.78, 5) is 16.9. The third kappa shape index (κ3) is 2.20. The highest BCUT2D eigenvalue weighted by atomic mass is 19.1. The van der Waals surface area contributed by atoms with Gasteiger partial charge in [0.15, 0.2) is 0 Å². The first-order valence-electron chi connectivity index (χ1n) is 6.58. The van der Waals surface area contributed by atoms with Gasteiger partial charge in [-0.3, -0.25) is 9.36 Å². The van der Waals surface area contributed by atoms with E-state index in [2.05, 4.69) is 4.98 Å². The molecule has 0 aliphatic heterocycles. The number of fused-ring (bicyclic) bond motifs is 1. The van der Waals surface area contributed by atoms with Gasteiger partial charge >= 0.3 is 0 Å². The lowest BCUT2D eigenvalue weighted by molar-refractivity contribution is 0.611. The Morgan fingerprint density at radius 3 is 2.62 bits per heavy atom. The quantitative estimate of drug-likeness (QED) is 0.725. The summed E-state index contributed by atoms with van der Waals surface area (Å²) in [5.41, 5.74) is 0.0605. The van der Waals surface area contributed by atoms with Gasteiger partial charge in [0.25, 0.3) is 5.56 Å². The van der Waals surface area contributed by atoms with Crippen molar-refractivity contribution in [3.8, 4) is 5.69 Å². The molecule has 0 atom stereocenters. The number of nitrogens with zero attached hydrogens (tertiary/aromatic N) is 2. The molecule has 0 fully saturated rings. The zero-order valence-corrected chi connectivity index (χ0v) is 11.3. The van der Waals surface area contributed by atoms with Crippen LogP contribution in [0, 0.1) is 11.6 Å². The average Bonchev–Trinajstić information content (AvgIpc) is 2.49. The lowest BCUT2D eigenvalue weighted by Gasteiger charge is -2.13. The zero-order valence-electron chi connectivity index (χ0n) is 11.3. The molecule has 3 aromatic rings. The Hall–Kier alpha value is -2.56. The van der Waals surface area contributed by atoms with Gasteiger partial charge < -0.3 is 0 Å². The maximum absolute atomic E-state index is 14.0. The average molecular weight is 286 g/mol. The van der Waals surface area contributed by atoms with Crippen LogP contribution in [-0.4, -0.2) is 9.55 Å². The molecule has 0 aliphatic carbocycles. The lowest BCUT2D eigenvalue weighted by atomic mass is 10.2. The van der Waals surface area contributed by atoms with Gasteiger partial charge in [0.1, 0.15) is 17.5 Å². The van der Waals surface area contributed by atoms with Crippen LogP contribution in [0.3, 0.4) is 0 Å². The van der Waals surface area contributed by atoms with Gasteiger partial charge in [-0.2, -0.15) is 0 Å². The molecule has 2 aromatic carbocycles. The highest BCUT2D eigenvalue weighted by Gasteiger charge is 2.14. The van der Waals surface area contributed by atoms with Gasteiger partial charge in [-0.25, -0.2) is 13.8 Å². The topological polar surface area (TPSA) is 34.9 Å². The number of aryl methyl sites for hydroxylation is 1. The van der Waals surface area contributed by atoms with Crippen molar-refractivity contribution in [2.45, 2.75) is 13.3 Å². The molecule has 5 heteroatoms. The van der Waals surface area contributed by atoms with Crippen LogP contribution in [0.2, 0.25) is 0 Å². The van der Waals surface area contributed by atoms with Crippen molar-refractivity contribution in [3.63, 3.8) is 0 Å². The Kier molecular flexibility index (Phi) is 3.25. The molecular weight excluding hydrogens is 274 g/mol. The van der Waals surface area contributed by atoms with Crippen LogP contribution < -0.4 is 5.56 Å². The van der Waals surface area contributed by atoms with E-state index in [1.54, 1.807) is 12.1 Å². The molecule has 0 saturated heterocycles. The Morgan fingerprint density at radius 1 is 1.14 bits per heavy atom. The van der Waals surface area contributed by atoms with E-state index in [0.717, 1.165) is 6.07 Å². The number of hydrogen-bond donors (Lipinski definition) is 0. The second kappa shape index (κ2) is 5.09. The van der Waals surface area contributed by atoms with E-state index in [4.69, 9.17) is 0 Å². The molecule has 0 aliphatic rings. The van der Waals surface area contributed by atoms with Crippen molar-refractivity contribution in [3.05, 3.63) is 70.3 Å². The minimum atomic E-state index is -0.522. The van der Waals surface area contributed by atoms with E-state index in [1.165, 1.54) is 28.8 Å². The van der Waals surface area contributed by atoms with Crippen LogP contribution in [0.15, 0.2) is 47.3 Å². The van der Waals surface area contributed by atoms with Gasteiger partial charge in [0.2, 0.25) is 0 Å². The fraction of sp³-hybridized carbons (Fsp3) is 0.125. The zero-order chi connectivity index (χ0) is 15.0. The summed E-state index contributed by atoms with van der Waals surface area (Å²) >= 11 is 0.